The predicted molar refractivity (Wildman–Crippen MR) is 101 cm³/mol. The van der Waals surface area contributed by atoms with E-state index in [1.165, 1.54) is 25.8 Å². The maximum Gasteiger partial charge on any atom is 0.191 e. The molecule has 136 valence electrons. The van der Waals surface area contributed by atoms with Gasteiger partial charge in [-0.1, -0.05) is 13.3 Å². The second-order valence-corrected chi connectivity index (χ2v) is 7.08. The van der Waals surface area contributed by atoms with Gasteiger partial charge in [0.2, 0.25) is 0 Å². The van der Waals surface area contributed by atoms with Crippen LogP contribution in [0.1, 0.15) is 53.9 Å². The Balaban J connectivity index is 2.34. The Hall–Kier alpha value is -0.810. The van der Waals surface area contributed by atoms with E-state index in [4.69, 9.17) is 0 Å². The lowest BCUT2D eigenvalue weighted by molar-refractivity contribution is 0.157. The quantitative estimate of drug-likeness (QED) is 0.530. The number of piperidine rings is 1. The lowest BCUT2D eigenvalue weighted by atomic mass is 10.0. The standard InChI is InChI=1S/C18H39N5/c1-7-22-12-9-8-10-17(22)14-21-18(19-6)20-11-13-23(15(2)3)16(4)5/h15-17H,7-14H2,1-6H3,(H2,19,20,21). The Morgan fingerprint density at radius 3 is 2.43 bits per heavy atom. The van der Waals surface area contributed by atoms with Gasteiger partial charge >= 0.3 is 0 Å². The minimum absolute atomic E-state index is 0.576. The van der Waals surface area contributed by atoms with Crippen molar-refractivity contribution in [2.75, 3.05) is 39.8 Å². The summed E-state index contributed by atoms with van der Waals surface area (Å²) in [7, 11) is 1.86. The van der Waals surface area contributed by atoms with Crippen LogP contribution in [0, 0.1) is 0 Å². The number of likely N-dealkylation sites (N-methyl/N-ethyl adjacent to an activating group) is 1. The molecule has 1 aliphatic rings. The van der Waals surface area contributed by atoms with E-state index < -0.39 is 0 Å². The van der Waals surface area contributed by atoms with Crippen LogP contribution in [0.5, 0.6) is 0 Å². The van der Waals surface area contributed by atoms with E-state index in [0.717, 1.165) is 32.1 Å². The van der Waals surface area contributed by atoms with Gasteiger partial charge < -0.3 is 10.6 Å². The molecule has 1 heterocycles. The number of nitrogens with one attached hydrogen (secondary N) is 2. The molecule has 2 N–H and O–H groups in total. The molecule has 23 heavy (non-hydrogen) atoms. The SMILES string of the molecule is CCN1CCCCC1CNC(=NC)NCCN(C(C)C)C(C)C. The number of hydrogen-bond donors (Lipinski definition) is 2. The van der Waals surface area contributed by atoms with Crippen molar-refractivity contribution in [3.63, 3.8) is 0 Å². The fourth-order valence-corrected chi connectivity index (χ4v) is 3.56. The van der Waals surface area contributed by atoms with Crippen molar-refractivity contribution in [1.82, 2.24) is 20.4 Å². The van der Waals surface area contributed by atoms with Gasteiger partial charge in [-0.25, -0.2) is 0 Å². The highest BCUT2D eigenvalue weighted by Gasteiger charge is 2.20. The van der Waals surface area contributed by atoms with Crippen molar-refractivity contribution in [3.8, 4) is 0 Å². The number of aliphatic imine (C=N–C) groups is 1. The van der Waals surface area contributed by atoms with E-state index in [1.807, 2.05) is 7.05 Å². The summed E-state index contributed by atoms with van der Waals surface area (Å²) in [5.74, 6) is 0.930. The van der Waals surface area contributed by atoms with Gasteiger partial charge in [0.1, 0.15) is 0 Å². The largest absolute Gasteiger partial charge is 0.355 e. The third kappa shape index (κ3) is 7.08. The van der Waals surface area contributed by atoms with Gasteiger partial charge in [-0.15, -0.1) is 0 Å². The van der Waals surface area contributed by atoms with Crippen molar-refractivity contribution >= 4 is 5.96 Å². The smallest absolute Gasteiger partial charge is 0.191 e. The molecule has 0 bridgehead atoms. The van der Waals surface area contributed by atoms with Crippen LogP contribution in [-0.4, -0.2) is 73.7 Å². The molecule has 0 spiro atoms. The summed E-state index contributed by atoms with van der Waals surface area (Å²) in [6, 6.07) is 1.80. The highest BCUT2D eigenvalue weighted by atomic mass is 15.2. The Kier molecular flexibility index (Phi) is 9.56. The zero-order valence-corrected chi connectivity index (χ0v) is 16.2. The summed E-state index contributed by atoms with van der Waals surface area (Å²) in [5.41, 5.74) is 0. The second kappa shape index (κ2) is 10.9. The molecule has 0 aromatic rings. The molecule has 0 aromatic carbocycles. The molecule has 0 aromatic heterocycles. The van der Waals surface area contributed by atoms with E-state index in [-0.39, 0.29) is 0 Å². The minimum Gasteiger partial charge on any atom is -0.355 e. The van der Waals surface area contributed by atoms with Gasteiger partial charge in [0, 0.05) is 44.8 Å². The van der Waals surface area contributed by atoms with Crippen LogP contribution >= 0.6 is 0 Å². The molecular formula is C18H39N5. The molecule has 5 heteroatoms. The first kappa shape index (κ1) is 20.2. The van der Waals surface area contributed by atoms with Gasteiger partial charge in [0.15, 0.2) is 5.96 Å². The summed E-state index contributed by atoms with van der Waals surface area (Å²) in [6.45, 7) is 16.7. The summed E-state index contributed by atoms with van der Waals surface area (Å²) in [6.07, 6.45) is 4.00. The first-order valence-electron chi connectivity index (χ1n) is 9.43. The molecule has 1 fully saturated rings. The van der Waals surface area contributed by atoms with Crippen molar-refractivity contribution in [3.05, 3.63) is 0 Å². The number of hydrogen-bond acceptors (Lipinski definition) is 3. The number of nitrogens with zero attached hydrogens (tertiary/aromatic N) is 3. The van der Waals surface area contributed by atoms with Crippen LogP contribution in [0.15, 0.2) is 4.99 Å². The zero-order chi connectivity index (χ0) is 17.2. The number of rotatable bonds is 8. The Morgan fingerprint density at radius 2 is 1.87 bits per heavy atom. The van der Waals surface area contributed by atoms with Crippen LogP contribution in [-0.2, 0) is 0 Å². The van der Waals surface area contributed by atoms with Gasteiger partial charge in [-0.2, -0.15) is 0 Å². The fraction of sp³-hybridized carbons (Fsp3) is 0.944. The maximum absolute atomic E-state index is 4.37. The first-order valence-corrected chi connectivity index (χ1v) is 9.43. The second-order valence-electron chi connectivity index (χ2n) is 7.08. The van der Waals surface area contributed by atoms with Crippen LogP contribution < -0.4 is 10.6 Å². The molecule has 5 nitrogen and oxygen atoms in total. The highest BCUT2D eigenvalue weighted by molar-refractivity contribution is 5.79. The first-order chi connectivity index (χ1) is 11.0. The third-order valence-electron chi connectivity index (χ3n) is 4.87. The third-order valence-corrected chi connectivity index (χ3v) is 4.87. The summed E-state index contributed by atoms with van der Waals surface area (Å²) >= 11 is 0. The van der Waals surface area contributed by atoms with E-state index in [9.17, 15) is 0 Å². The molecular weight excluding hydrogens is 286 g/mol. The van der Waals surface area contributed by atoms with E-state index in [2.05, 4.69) is 60.0 Å². The van der Waals surface area contributed by atoms with Gasteiger partial charge in [0.25, 0.3) is 0 Å². The minimum atomic E-state index is 0.576. The monoisotopic (exact) mass is 325 g/mol. The molecule has 1 atom stereocenters. The average Bonchev–Trinajstić information content (AvgIpc) is 2.53. The lowest BCUT2D eigenvalue weighted by Gasteiger charge is -2.35. The molecule has 1 rings (SSSR count). The van der Waals surface area contributed by atoms with Crippen LogP contribution in [0.4, 0.5) is 0 Å². The molecule has 0 aliphatic carbocycles. The van der Waals surface area contributed by atoms with Crippen molar-refractivity contribution in [1.29, 1.82) is 0 Å². The normalized spacial score (nSPS) is 20.6. The van der Waals surface area contributed by atoms with Gasteiger partial charge in [-0.05, 0) is 53.6 Å². The molecule has 1 aliphatic heterocycles. The van der Waals surface area contributed by atoms with Crippen LogP contribution in [0.25, 0.3) is 0 Å². The molecule has 0 radical (unpaired) electrons. The average molecular weight is 326 g/mol. The van der Waals surface area contributed by atoms with Crippen molar-refractivity contribution < 1.29 is 0 Å². The summed E-state index contributed by atoms with van der Waals surface area (Å²) in [4.78, 5) is 9.45. The van der Waals surface area contributed by atoms with Crippen molar-refractivity contribution in [2.24, 2.45) is 4.99 Å². The van der Waals surface area contributed by atoms with Crippen molar-refractivity contribution in [2.45, 2.75) is 72.0 Å². The summed E-state index contributed by atoms with van der Waals surface area (Å²) < 4.78 is 0. The number of likely N-dealkylation sites (tertiary alicyclic amines) is 1. The molecule has 0 amide bonds. The topological polar surface area (TPSA) is 42.9 Å². The Bertz CT molecular complexity index is 332. The Morgan fingerprint density at radius 1 is 1.17 bits per heavy atom. The number of guanidine groups is 1. The molecule has 1 unspecified atom stereocenters. The van der Waals surface area contributed by atoms with Gasteiger partial charge in [-0.3, -0.25) is 14.8 Å². The van der Waals surface area contributed by atoms with E-state index >= 15 is 0 Å². The Labute approximate surface area is 143 Å². The van der Waals surface area contributed by atoms with Crippen LogP contribution in [0.3, 0.4) is 0 Å². The predicted octanol–water partition coefficient (Wildman–Crippen LogP) is 2.14. The summed E-state index contributed by atoms with van der Waals surface area (Å²) in [5, 5.41) is 6.98. The van der Waals surface area contributed by atoms with Crippen LogP contribution in [0.2, 0.25) is 0 Å². The lowest BCUT2D eigenvalue weighted by Crippen LogP contribution is -2.50. The maximum atomic E-state index is 4.37. The van der Waals surface area contributed by atoms with Gasteiger partial charge in [0.05, 0.1) is 0 Å². The van der Waals surface area contributed by atoms with E-state index in [1.54, 1.807) is 0 Å². The van der Waals surface area contributed by atoms with E-state index in [0.29, 0.717) is 18.1 Å². The zero-order valence-electron chi connectivity index (χ0n) is 16.2. The fourth-order valence-electron chi connectivity index (χ4n) is 3.56. The highest BCUT2D eigenvalue weighted by Crippen LogP contribution is 2.15. The molecule has 1 saturated heterocycles. The molecule has 0 saturated carbocycles.